The molecule has 6 nitrogen and oxygen atoms in total. The molecule has 1 aromatic carbocycles. The number of hydrogen-bond acceptors (Lipinski definition) is 4. The van der Waals surface area contributed by atoms with E-state index >= 15 is 0 Å². The van der Waals surface area contributed by atoms with Gasteiger partial charge in [-0.2, -0.15) is 0 Å². The molecular formula is C14H18N6. The fourth-order valence-corrected chi connectivity index (χ4v) is 2.36. The maximum atomic E-state index is 4.57. The Morgan fingerprint density at radius 2 is 2.05 bits per heavy atom. The van der Waals surface area contributed by atoms with Gasteiger partial charge in [-0.1, -0.05) is 25.5 Å². The van der Waals surface area contributed by atoms with E-state index in [0.29, 0.717) is 6.54 Å². The average Bonchev–Trinajstić information content (AvgIpc) is 3.02. The lowest BCUT2D eigenvalue weighted by atomic mass is 10.3. The van der Waals surface area contributed by atoms with Gasteiger partial charge in [0.15, 0.2) is 5.82 Å². The summed E-state index contributed by atoms with van der Waals surface area (Å²) >= 11 is 0. The average molecular weight is 270 g/mol. The number of unbranched alkanes of at least 4 members (excludes halogenated alkanes) is 1. The molecule has 0 saturated heterocycles. The normalized spacial score (nSPS) is 11.3. The largest absolute Gasteiger partial charge is 0.320 e. The minimum Gasteiger partial charge on any atom is -0.320 e. The molecule has 20 heavy (non-hydrogen) atoms. The highest BCUT2D eigenvalue weighted by molar-refractivity contribution is 5.75. The minimum absolute atomic E-state index is 0.656. The maximum Gasteiger partial charge on any atom is 0.171 e. The number of imidazole rings is 1. The van der Waals surface area contributed by atoms with Crippen LogP contribution in [0.4, 0.5) is 0 Å². The van der Waals surface area contributed by atoms with Gasteiger partial charge in [-0.05, 0) is 35.9 Å². The van der Waals surface area contributed by atoms with Crippen molar-refractivity contribution in [3.63, 3.8) is 0 Å². The SMILES string of the molecule is CCCCn1nnnc1Cn1c(C)nc2ccccc21. The summed E-state index contributed by atoms with van der Waals surface area (Å²) in [5.74, 6) is 1.86. The van der Waals surface area contributed by atoms with Crippen LogP contribution >= 0.6 is 0 Å². The predicted molar refractivity (Wildman–Crippen MR) is 76.3 cm³/mol. The number of tetrazole rings is 1. The third-order valence-corrected chi connectivity index (χ3v) is 3.47. The van der Waals surface area contributed by atoms with Gasteiger partial charge in [-0.25, -0.2) is 9.67 Å². The van der Waals surface area contributed by atoms with Crippen molar-refractivity contribution in [2.45, 2.75) is 39.8 Å². The predicted octanol–water partition coefficient (Wildman–Crippen LogP) is 2.18. The van der Waals surface area contributed by atoms with Crippen molar-refractivity contribution in [1.29, 1.82) is 0 Å². The zero-order valence-electron chi connectivity index (χ0n) is 11.8. The summed E-state index contributed by atoms with van der Waals surface area (Å²) < 4.78 is 4.04. The van der Waals surface area contributed by atoms with Crippen LogP contribution in [0.25, 0.3) is 11.0 Å². The van der Waals surface area contributed by atoms with E-state index in [-0.39, 0.29) is 0 Å². The van der Waals surface area contributed by atoms with Crippen LogP contribution < -0.4 is 0 Å². The number of aromatic nitrogens is 6. The second-order valence-corrected chi connectivity index (χ2v) is 4.91. The van der Waals surface area contributed by atoms with Crippen LogP contribution in [-0.2, 0) is 13.1 Å². The first-order valence-corrected chi connectivity index (χ1v) is 6.96. The molecule has 0 N–H and O–H groups in total. The molecule has 2 heterocycles. The number of hydrogen-bond donors (Lipinski definition) is 0. The van der Waals surface area contributed by atoms with Gasteiger partial charge in [-0.15, -0.1) is 5.10 Å². The molecule has 0 aliphatic carbocycles. The summed E-state index contributed by atoms with van der Waals surface area (Å²) in [4.78, 5) is 4.57. The summed E-state index contributed by atoms with van der Waals surface area (Å²) in [5, 5.41) is 12.0. The first-order chi connectivity index (χ1) is 9.79. The van der Waals surface area contributed by atoms with Crippen LogP contribution in [0, 0.1) is 6.92 Å². The van der Waals surface area contributed by atoms with Gasteiger partial charge in [0.1, 0.15) is 5.82 Å². The smallest absolute Gasteiger partial charge is 0.171 e. The molecule has 0 spiro atoms. The second kappa shape index (κ2) is 5.40. The van der Waals surface area contributed by atoms with Gasteiger partial charge in [0.05, 0.1) is 17.6 Å². The molecule has 0 aliphatic heterocycles. The summed E-state index contributed by atoms with van der Waals surface area (Å²) in [6.07, 6.45) is 2.22. The topological polar surface area (TPSA) is 61.4 Å². The fraction of sp³-hybridized carbons (Fsp3) is 0.429. The van der Waals surface area contributed by atoms with Gasteiger partial charge in [-0.3, -0.25) is 0 Å². The van der Waals surface area contributed by atoms with Crippen LogP contribution in [0.1, 0.15) is 31.4 Å². The van der Waals surface area contributed by atoms with E-state index < -0.39 is 0 Å². The van der Waals surface area contributed by atoms with Crippen molar-refractivity contribution in [2.24, 2.45) is 0 Å². The van der Waals surface area contributed by atoms with Crippen LogP contribution in [0.15, 0.2) is 24.3 Å². The van der Waals surface area contributed by atoms with E-state index in [1.54, 1.807) is 0 Å². The van der Waals surface area contributed by atoms with Crippen molar-refractivity contribution in [2.75, 3.05) is 0 Å². The number of para-hydroxylation sites is 2. The lowest BCUT2D eigenvalue weighted by Gasteiger charge is -2.07. The van der Waals surface area contributed by atoms with Crippen molar-refractivity contribution in [1.82, 2.24) is 29.8 Å². The lowest BCUT2D eigenvalue weighted by Crippen LogP contribution is -2.11. The van der Waals surface area contributed by atoms with E-state index in [9.17, 15) is 0 Å². The summed E-state index contributed by atoms with van der Waals surface area (Å²) in [5.41, 5.74) is 2.13. The zero-order chi connectivity index (χ0) is 13.9. The summed E-state index contributed by atoms with van der Waals surface area (Å²) in [7, 11) is 0. The molecule has 0 aliphatic rings. The van der Waals surface area contributed by atoms with E-state index in [1.807, 2.05) is 29.8 Å². The molecule has 0 bridgehead atoms. The Labute approximate surface area is 117 Å². The molecule has 0 atom stereocenters. The molecule has 3 rings (SSSR count). The first kappa shape index (κ1) is 12.8. The van der Waals surface area contributed by atoms with Crippen LogP contribution in [0.3, 0.4) is 0 Å². The molecule has 0 unspecified atom stereocenters. The standard InChI is InChI=1S/C14H18N6/c1-3-4-9-20-14(16-17-18-20)10-19-11(2)15-12-7-5-6-8-13(12)19/h5-8H,3-4,9-10H2,1-2H3. The Morgan fingerprint density at radius 1 is 1.20 bits per heavy atom. The van der Waals surface area contributed by atoms with E-state index in [1.165, 1.54) is 0 Å². The Bertz CT molecular complexity index is 711. The second-order valence-electron chi connectivity index (χ2n) is 4.91. The van der Waals surface area contributed by atoms with E-state index in [2.05, 4.69) is 38.1 Å². The number of benzene rings is 1. The summed E-state index contributed by atoms with van der Waals surface area (Å²) in [6, 6.07) is 8.14. The van der Waals surface area contributed by atoms with Crippen LogP contribution in [0.5, 0.6) is 0 Å². The van der Waals surface area contributed by atoms with E-state index in [0.717, 1.165) is 42.1 Å². The number of aryl methyl sites for hydroxylation is 2. The molecule has 3 aromatic rings. The Morgan fingerprint density at radius 3 is 2.90 bits per heavy atom. The Balaban J connectivity index is 1.93. The third-order valence-electron chi connectivity index (χ3n) is 3.47. The number of fused-ring (bicyclic) bond motifs is 1. The molecule has 6 heteroatoms. The summed E-state index contributed by atoms with van der Waals surface area (Å²) in [6.45, 7) is 5.70. The Hall–Kier alpha value is -2.24. The van der Waals surface area contributed by atoms with Crippen molar-refractivity contribution in [3.05, 3.63) is 35.9 Å². The van der Waals surface area contributed by atoms with Gasteiger partial charge in [0.2, 0.25) is 0 Å². The quantitative estimate of drug-likeness (QED) is 0.713. The third kappa shape index (κ3) is 2.29. The van der Waals surface area contributed by atoms with Gasteiger partial charge in [0, 0.05) is 6.54 Å². The first-order valence-electron chi connectivity index (χ1n) is 6.96. The molecule has 2 aromatic heterocycles. The number of nitrogens with zero attached hydrogens (tertiary/aromatic N) is 6. The van der Waals surface area contributed by atoms with Gasteiger partial charge >= 0.3 is 0 Å². The molecule has 0 fully saturated rings. The Kier molecular flexibility index (Phi) is 3.45. The van der Waals surface area contributed by atoms with Crippen molar-refractivity contribution < 1.29 is 0 Å². The highest BCUT2D eigenvalue weighted by atomic mass is 15.5. The highest BCUT2D eigenvalue weighted by Gasteiger charge is 2.11. The number of rotatable bonds is 5. The monoisotopic (exact) mass is 270 g/mol. The molecular weight excluding hydrogens is 252 g/mol. The van der Waals surface area contributed by atoms with Gasteiger partial charge < -0.3 is 4.57 Å². The fourth-order valence-electron chi connectivity index (χ4n) is 2.36. The lowest BCUT2D eigenvalue weighted by molar-refractivity contribution is 0.524. The maximum absolute atomic E-state index is 4.57. The molecule has 0 radical (unpaired) electrons. The molecule has 0 saturated carbocycles. The highest BCUT2D eigenvalue weighted by Crippen LogP contribution is 2.16. The van der Waals surface area contributed by atoms with E-state index in [4.69, 9.17) is 0 Å². The van der Waals surface area contributed by atoms with Crippen molar-refractivity contribution in [3.8, 4) is 0 Å². The van der Waals surface area contributed by atoms with Crippen LogP contribution in [-0.4, -0.2) is 29.8 Å². The van der Waals surface area contributed by atoms with Crippen molar-refractivity contribution >= 4 is 11.0 Å². The van der Waals surface area contributed by atoms with Crippen LogP contribution in [0.2, 0.25) is 0 Å². The minimum atomic E-state index is 0.656. The molecule has 104 valence electrons. The van der Waals surface area contributed by atoms with Gasteiger partial charge in [0.25, 0.3) is 0 Å². The zero-order valence-corrected chi connectivity index (χ0v) is 11.8. The molecule has 0 amide bonds.